The molecule has 1 unspecified atom stereocenters. The lowest BCUT2D eigenvalue weighted by atomic mass is 10.0. The molecule has 0 radical (unpaired) electrons. The Kier molecular flexibility index (Phi) is 5.19. The van der Waals surface area contributed by atoms with Gasteiger partial charge in [0.15, 0.2) is 0 Å². The van der Waals surface area contributed by atoms with Crippen molar-refractivity contribution in [3.8, 4) is 5.75 Å². The number of ether oxygens (including phenoxy) is 1. The van der Waals surface area contributed by atoms with Gasteiger partial charge in [-0.15, -0.1) is 0 Å². The Bertz CT molecular complexity index is 551. The summed E-state index contributed by atoms with van der Waals surface area (Å²) in [6.07, 6.45) is 1.84. The zero-order valence-electron chi connectivity index (χ0n) is 12.3. The predicted octanol–water partition coefficient (Wildman–Crippen LogP) is 3.85. The fourth-order valence-corrected chi connectivity index (χ4v) is 2.17. The molecule has 2 aromatic rings. The van der Waals surface area contributed by atoms with Crippen molar-refractivity contribution in [3.05, 3.63) is 65.2 Å². The number of benzene rings is 2. The molecule has 0 aliphatic heterocycles. The molecule has 0 heterocycles. The fraction of sp³-hybridized carbons (Fsp3) is 0.333. The van der Waals surface area contributed by atoms with Crippen LogP contribution in [0.4, 0.5) is 0 Å². The fourth-order valence-electron chi connectivity index (χ4n) is 2.17. The molecule has 1 atom stereocenters. The average molecular weight is 269 g/mol. The summed E-state index contributed by atoms with van der Waals surface area (Å²) in [5, 5.41) is 0. The highest BCUT2D eigenvalue weighted by Crippen LogP contribution is 2.21. The molecule has 2 aromatic carbocycles. The van der Waals surface area contributed by atoms with Crippen molar-refractivity contribution in [2.45, 2.75) is 39.3 Å². The molecule has 0 aliphatic carbocycles. The van der Waals surface area contributed by atoms with Crippen LogP contribution in [-0.4, -0.2) is 6.04 Å². The molecule has 20 heavy (non-hydrogen) atoms. The molecule has 0 spiro atoms. The van der Waals surface area contributed by atoms with Gasteiger partial charge in [-0.2, -0.15) is 0 Å². The molecule has 0 aliphatic rings. The van der Waals surface area contributed by atoms with E-state index in [1.54, 1.807) is 0 Å². The molecule has 2 rings (SSSR count). The minimum Gasteiger partial charge on any atom is -0.489 e. The molecule has 0 fully saturated rings. The molecular formula is C18H23NO. The molecular weight excluding hydrogens is 246 g/mol. The van der Waals surface area contributed by atoms with E-state index in [9.17, 15) is 0 Å². The van der Waals surface area contributed by atoms with Gasteiger partial charge >= 0.3 is 0 Å². The van der Waals surface area contributed by atoms with Crippen LogP contribution in [0.3, 0.4) is 0 Å². The van der Waals surface area contributed by atoms with Gasteiger partial charge in [0.05, 0.1) is 0 Å². The Balaban J connectivity index is 2.08. The quantitative estimate of drug-likeness (QED) is 0.864. The van der Waals surface area contributed by atoms with Crippen molar-refractivity contribution in [3.63, 3.8) is 0 Å². The summed E-state index contributed by atoms with van der Waals surface area (Å²) in [6.45, 7) is 4.82. The van der Waals surface area contributed by atoms with E-state index >= 15 is 0 Å². The largest absolute Gasteiger partial charge is 0.489 e. The maximum absolute atomic E-state index is 6.05. The molecule has 0 saturated heterocycles. The first-order valence-electron chi connectivity index (χ1n) is 7.21. The molecule has 2 nitrogen and oxygen atoms in total. The third-order valence-corrected chi connectivity index (χ3v) is 3.62. The van der Waals surface area contributed by atoms with Crippen LogP contribution in [0, 0.1) is 6.92 Å². The van der Waals surface area contributed by atoms with Gasteiger partial charge in [-0.1, -0.05) is 49.4 Å². The first-order valence-corrected chi connectivity index (χ1v) is 7.21. The number of hydrogen-bond acceptors (Lipinski definition) is 2. The lowest BCUT2D eigenvalue weighted by Gasteiger charge is -2.15. The Labute approximate surface area is 121 Å². The van der Waals surface area contributed by atoms with Crippen LogP contribution in [0.5, 0.6) is 5.75 Å². The summed E-state index contributed by atoms with van der Waals surface area (Å²) in [7, 11) is 0. The molecule has 106 valence electrons. The minimum atomic E-state index is 0.193. The molecule has 0 aromatic heterocycles. The van der Waals surface area contributed by atoms with E-state index in [1.807, 2.05) is 30.3 Å². The average Bonchev–Trinajstić information content (AvgIpc) is 2.47. The zero-order valence-corrected chi connectivity index (χ0v) is 12.3. The van der Waals surface area contributed by atoms with Gasteiger partial charge in [0, 0.05) is 6.04 Å². The van der Waals surface area contributed by atoms with Gasteiger partial charge in [-0.25, -0.2) is 0 Å². The van der Waals surface area contributed by atoms with E-state index in [4.69, 9.17) is 10.5 Å². The Morgan fingerprint density at radius 1 is 1.00 bits per heavy atom. The first-order chi connectivity index (χ1) is 9.70. The summed E-state index contributed by atoms with van der Waals surface area (Å²) in [6, 6.07) is 16.7. The van der Waals surface area contributed by atoms with Crippen LogP contribution in [0.1, 0.15) is 30.0 Å². The number of para-hydroxylation sites is 1. The first kappa shape index (κ1) is 14.6. The van der Waals surface area contributed by atoms with Gasteiger partial charge in [0.2, 0.25) is 0 Å². The SMILES string of the molecule is CCC(N)Cc1ccccc1OCc1ccccc1C. The second kappa shape index (κ2) is 7.11. The topological polar surface area (TPSA) is 35.2 Å². The van der Waals surface area contributed by atoms with Gasteiger partial charge in [0.1, 0.15) is 12.4 Å². The summed E-state index contributed by atoms with van der Waals surface area (Å²) in [4.78, 5) is 0. The second-order valence-corrected chi connectivity index (χ2v) is 5.20. The van der Waals surface area contributed by atoms with Crippen molar-refractivity contribution in [2.24, 2.45) is 5.73 Å². The van der Waals surface area contributed by atoms with Crippen molar-refractivity contribution in [1.29, 1.82) is 0 Å². The molecule has 0 amide bonds. The third kappa shape index (κ3) is 3.84. The minimum absolute atomic E-state index is 0.193. The van der Waals surface area contributed by atoms with Crippen molar-refractivity contribution < 1.29 is 4.74 Å². The summed E-state index contributed by atoms with van der Waals surface area (Å²) >= 11 is 0. The predicted molar refractivity (Wildman–Crippen MR) is 83.9 cm³/mol. The molecule has 0 saturated carbocycles. The van der Waals surface area contributed by atoms with Crippen LogP contribution in [0.2, 0.25) is 0 Å². The monoisotopic (exact) mass is 269 g/mol. The van der Waals surface area contributed by atoms with E-state index in [-0.39, 0.29) is 6.04 Å². The van der Waals surface area contributed by atoms with E-state index in [2.05, 4.69) is 32.0 Å². The third-order valence-electron chi connectivity index (χ3n) is 3.62. The Hall–Kier alpha value is -1.80. The summed E-state index contributed by atoms with van der Waals surface area (Å²) in [5.41, 5.74) is 9.72. The molecule has 2 heteroatoms. The van der Waals surface area contributed by atoms with Gasteiger partial charge in [-0.05, 0) is 42.5 Å². The van der Waals surface area contributed by atoms with Crippen molar-refractivity contribution >= 4 is 0 Å². The maximum Gasteiger partial charge on any atom is 0.123 e. The molecule has 0 bridgehead atoms. The van der Waals surface area contributed by atoms with Crippen LogP contribution in [0.15, 0.2) is 48.5 Å². The lowest BCUT2D eigenvalue weighted by molar-refractivity contribution is 0.301. The second-order valence-electron chi connectivity index (χ2n) is 5.20. The van der Waals surface area contributed by atoms with Crippen LogP contribution >= 0.6 is 0 Å². The maximum atomic E-state index is 6.05. The van der Waals surface area contributed by atoms with Crippen molar-refractivity contribution in [1.82, 2.24) is 0 Å². The normalized spacial score (nSPS) is 12.2. The Morgan fingerprint density at radius 2 is 1.65 bits per heavy atom. The van der Waals surface area contributed by atoms with Crippen LogP contribution < -0.4 is 10.5 Å². The number of nitrogens with two attached hydrogens (primary N) is 1. The van der Waals surface area contributed by atoms with Crippen molar-refractivity contribution in [2.75, 3.05) is 0 Å². The lowest BCUT2D eigenvalue weighted by Crippen LogP contribution is -2.21. The number of aryl methyl sites for hydroxylation is 1. The highest BCUT2D eigenvalue weighted by Gasteiger charge is 2.08. The highest BCUT2D eigenvalue weighted by molar-refractivity contribution is 5.34. The van der Waals surface area contributed by atoms with Crippen LogP contribution in [-0.2, 0) is 13.0 Å². The summed E-state index contributed by atoms with van der Waals surface area (Å²) < 4.78 is 5.99. The van der Waals surface area contributed by atoms with E-state index in [0.29, 0.717) is 6.61 Å². The van der Waals surface area contributed by atoms with E-state index in [0.717, 1.165) is 18.6 Å². The van der Waals surface area contributed by atoms with Gasteiger partial charge in [-0.3, -0.25) is 0 Å². The van der Waals surface area contributed by atoms with E-state index in [1.165, 1.54) is 16.7 Å². The van der Waals surface area contributed by atoms with Gasteiger partial charge < -0.3 is 10.5 Å². The number of rotatable bonds is 6. The van der Waals surface area contributed by atoms with Crippen LogP contribution in [0.25, 0.3) is 0 Å². The Morgan fingerprint density at radius 3 is 2.35 bits per heavy atom. The molecule has 2 N–H and O–H groups in total. The smallest absolute Gasteiger partial charge is 0.123 e. The zero-order chi connectivity index (χ0) is 14.4. The van der Waals surface area contributed by atoms with E-state index < -0.39 is 0 Å². The number of hydrogen-bond donors (Lipinski definition) is 1. The highest BCUT2D eigenvalue weighted by atomic mass is 16.5. The van der Waals surface area contributed by atoms with Gasteiger partial charge in [0.25, 0.3) is 0 Å². The summed E-state index contributed by atoms with van der Waals surface area (Å²) in [5.74, 6) is 0.944. The standard InChI is InChI=1S/C18H23NO/c1-3-17(19)12-15-9-6-7-11-18(15)20-13-16-10-5-4-8-14(16)2/h4-11,17H,3,12-13,19H2,1-2H3.